The Hall–Kier alpha value is -1.00. The van der Waals surface area contributed by atoms with Gasteiger partial charge in [0.05, 0.1) is 0 Å². The topological polar surface area (TPSA) is 26.3 Å². The molecule has 0 amide bonds. The van der Waals surface area contributed by atoms with Crippen molar-refractivity contribution >= 4 is 5.97 Å². The molecule has 14 heavy (non-hydrogen) atoms. The summed E-state index contributed by atoms with van der Waals surface area (Å²) < 4.78 is 42.0. The Labute approximate surface area is 80.7 Å². The van der Waals surface area contributed by atoms with E-state index in [0.717, 1.165) is 0 Å². The van der Waals surface area contributed by atoms with Crippen molar-refractivity contribution in [2.24, 2.45) is 5.92 Å². The van der Waals surface area contributed by atoms with Gasteiger partial charge in [-0.3, -0.25) is 0 Å². The Morgan fingerprint density at radius 3 is 2.07 bits per heavy atom. The third kappa shape index (κ3) is 2.75. The number of carbonyl (C=O) groups excluding carboxylic acids is 1. The summed E-state index contributed by atoms with van der Waals surface area (Å²) in [6.07, 6.45) is -3.37. The van der Waals surface area contributed by atoms with Crippen LogP contribution in [0.1, 0.15) is 20.8 Å². The van der Waals surface area contributed by atoms with Crippen molar-refractivity contribution in [3.05, 3.63) is 12.2 Å². The highest BCUT2D eigenvalue weighted by atomic mass is 19.3. The van der Waals surface area contributed by atoms with Gasteiger partial charge in [0.2, 0.25) is 0 Å². The smallest absolute Gasteiger partial charge is 0.336 e. The Morgan fingerprint density at radius 2 is 1.86 bits per heavy atom. The molecule has 0 aliphatic carbocycles. The van der Waals surface area contributed by atoms with Crippen LogP contribution in [0.5, 0.6) is 0 Å². The average molecular weight is 210 g/mol. The first-order valence-electron chi connectivity index (χ1n) is 4.07. The third-order valence-corrected chi connectivity index (χ3v) is 1.68. The van der Waals surface area contributed by atoms with Gasteiger partial charge in [-0.05, 0) is 6.92 Å². The number of alkyl halides is 3. The first-order chi connectivity index (χ1) is 6.21. The molecule has 0 rings (SSSR count). The minimum absolute atomic E-state index is 0.117. The fraction of sp³-hybridized carbons (Fsp3) is 0.667. The first kappa shape index (κ1) is 13.0. The van der Waals surface area contributed by atoms with Crippen molar-refractivity contribution in [1.29, 1.82) is 0 Å². The zero-order valence-electron chi connectivity index (χ0n) is 8.31. The van der Waals surface area contributed by atoms with Crippen LogP contribution >= 0.6 is 0 Å². The molecule has 82 valence electrons. The van der Waals surface area contributed by atoms with Gasteiger partial charge in [0.25, 0.3) is 0 Å². The standard InChI is InChI=1S/C9H13F3O2/c1-5(2)7(13)14-9(12,6(3)4)8(10)11/h6,8H,1H2,2-4H3. The van der Waals surface area contributed by atoms with E-state index in [0.29, 0.717) is 0 Å². The molecule has 0 aliphatic heterocycles. The fourth-order valence-corrected chi connectivity index (χ4v) is 0.644. The van der Waals surface area contributed by atoms with Gasteiger partial charge in [-0.25, -0.2) is 13.6 Å². The molecule has 0 N–H and O–H groups in total. The molecular weight excluding hydrogens is 197 g/mol. The molecule has 0 saturated carbocycles. The summed E-state index contributed by atoms with van der Waals surface area (Å²) in [6.45, 7) is 6.84. The van der Waals surface area contributed by atoms with E-state index >= 15 is 0 Å². The molecule has 0 bridgehead atoms. The number of halogens is 3. The molecule has 2 nitrogen and oxygen atoms in total. The van der Waals surface area contributed by atoms with Gasteiger partial charge in [0.1, 0.15) is 0 Å². The third-order valence-electron chi connectivity index (χ3n) is 1.68. The molecule has 0 aromatic carbocycles. The van der Waals surface area contributed by atoms with Gasteiger partial charge < -0.3 is 4.74 Å². The molecule has 0 spiro atoms. The molecule has 1 atom stereocenters. The van der Waals surface area contributed by atoms with E-state index in [9.17, 15) is 18.0 Å². The van der Waals surface area contributed by atoms with Gasteiger partial charge in [0, 0.05) is 11.5 Å². The van der Waals surface area contributed by atoms with Crippen molar-refractivity contribution in [3.8, 4) is 0 Å². The maximum absolute atomic E-state index is 13.4. The highest BCUT2D eigenvalue weighted by molar-refractivity contribution is 5.87. The molecular formula is C9H13F3O2. The van der Waals surface area contributed by atoms with Crippen molar-refractivity contribution in [3.63, 3.8) is 0 Å². The van der Waals surface area contributed by atoms with Crippen LogP contribution in [0.4, 0.5) is 13.2 Å². The zero-order valence-corrected chi connectivity index (χ0v) is 8.31. The van der Waals surface area contributed by atoms with E-state index in [1.54, 1.807) is 0 Å². The number of carbonyl (C=O) groups is 1. The van der Waals surface area contributed by atoms with Gasteiger partial charge >= 0.3 is 18.2 Å². The minimum atomic E-state index is -3.37. The molecule has 0 fully saturated rings. The van der Waals surface area contributed by atoms with Gasteiger partial charge in [-0.15, -0.1) is 0 Å². The maximum atomic E-state index is 13.4. The molecule has 5 heteroatoms. The van der Waals surface area contributed by atoms with Crippen molar-refractivity contribution in [2.75, 3.05) is 0 Å². The quantitative estimate of drug-likeness (QED) is 0.526. The predicted octanol–water partition coefficient (Wildman–Crippen LogP) is 2.69. The van der Waals surface area contributed by atoms with E-state index in [1.807, 2.05) is 0 Å². The van der Waals surface area contributed by atoms with Crippen LogP contribution in [0.2, 0.25) is 0 Å². The Kier molecular flexibility index (Phi) is 4.16. The van der Waals surface area contributed by atoms with Crippen LogP contribution in [-0.4, -0.2) is 18.2 Å². The minimum Gasteiger partial charge on any atom is -0.419 e. The normalized spacial score (nSPS) is 15.4. The van der Waals surface area contributed by atoms with Gasteiger partial charge in [-0.2, -0.15) is 4.39 Å². The highest BCUT2D eigenvalue weighted by Gasteiger charge is 2.47. The molecule has 0 aromatic heterocycles. The van der Waals surface area contributed by atoms with Crippen LogP contribution in [0, 0.1) is 5.92 Å². The zero-order chi connectivity index (χ0) is 11.5. The summed E-state index contributed by atoms with van der Waals surface area (Å²) in [4.78, 5) is 10.9. The Balaban J connectivity index is 4.70. The van der Waals surface area contributed by atoms with E-state index in [1.165, 1.54) is 20.8 Å². The number of hydrogen-bond donors (Lipinski definition) is 0. The lowest BCUT2D eigenvalue weighted by atomic mass is 10.1. The van der Waals surface area contributed by atoms with Crippen LogP contribution in [0.3, 0.4) is 0 Å². The summed E-state index contributed by atoms with van der Waals surface area (Å²) in [6, 6.07) is 0. The second-order valence-electron chi connectivity index (χ2n) is 3.32. The summed E-state index contributed by atoms with van der Waals surface area (Å²) in [5.74, 6) is -5.51. The van der Waals surface area contributed by atoms with Crippen LogP contribution in [0.25, 0.3) is 0 Å². The lowest BCUT2D eigenvalue weighted by molar-refractivity contribution is -0.236. The van der Waals surface area contributed by atoms with Crippen LogP contribution in [0.15, 0.2) is 12.2 Å². The average Bonchev–Trinajstić information content (AvgIpc) is 2.02. The molecule has 1 unspecified atom stereocenters. The van der Waals surface area contributed by atoms with Gasteiger partial charge in [0.15, 0.2) is 0 Å². The van der Waals surface area contributed by atoms with Crippen molar-refractivity contribution in [2.45, 2.75) is 33.1 Å². The number of ether oxygens (including phenoxy) is 1. The maximum Gasteiger partial charge on any atom is 0.336 e. The van der Waals surface area contributed by atoms with Gasteiger partial charge in [-0.1, -0.05) is 20.4 Å². The van der Waals surface area contributed by atoms with Crippen molar-refractivity contribution < 1.29 is 22.7 Å². The molecule has 0 radical (unpaired) electrons. The largest absolute Gasteiger partial charge is 0.419 e. The summed E-state index contributed by atoms with van der Waals surface area (Å²) >= 11 is 0. The number of hydrogen-bond acceptors (Lipinski definition) is 2. The Morgan fingerprint density at radius 1 is 1.43 bits per heavy atom. The highest BCUT2D eigenvalue weighted by Crippen LogP contribution is 2.31. The summed E-state index contributed by atoms with van der Waals surface area (Å²) in [7, 11) is 0. The van der Waals surface area contributed by atoms with E-state index in [-0.39, 0.29) is 5.57 Å². The van der Waals surface area contributed by atoms with E-state index in [4.69, 9.17) is 0 Å². The summed E-state index contributed by atoms with van der Waals surface area (Å²) in [5, 5.41) is 0. The Bertz CT molecular complexity index is 228. The first-order valence-corrected chi connectivity index (χ1v) is 4.07. The lowest BCUT2D eigenvalue weighted by Gasteiger charge is -2.27. The molecule has 0 saturated heterocycles. The number of esters is 1. The SMILES string of the molecule is C=C(C)C(=O)OC(F)(C(C)C)C(F)F. The second-order valence-corrected chi connectivity index (χ2v) is 3.32. The molecule has 0 heterocycles. The molecule has 0 aliphatic rings. The monoisotopic (exact) mass is 210 g/mol. The fourth-order valence-electron chi connectivity index (χ4n) is 0.644. The van der Waals surface area contributed by atoms with E-state index in [2.05, 4.69) is 11.3 Å². The second kappa shape index (κ2) is 4.48. The number of rotatable bonds is 4. The predicted molar refractivity (Wildman–Crippen MR) is 45.6 cm³/mol. The summed E-state index contributed by atoms with van der Waals surface area (Å²) in [5.41, 5.74) is -0.117. The molecule has 0 aromatic rings. The van der Waals surface area contributed by atoms with Crippen LogP contribution < -0.4 is 0 Å². The van der Waals surface area contributed by atoms with Crippen molar-refractivity contribution in [1.82, 2.24) is 0 Å². The van der Waals surface area contributed by atoms with Crippen LogP contribution in [-0.2, 0) is 9.53 Å². The lowest BCUT2D eigenvalue weighted by Crippen LogP contribution is -2.42. The van der Waals surface area contributed by atoms with E-state index < -0.39 is 24.2 Å².